The fraction of sp³-hybridized carbons (Fsp3) is 0.385. The summed E-state index contributed by atoms with van der Waals surface area (Å²) in [5.41, 5.74) is 0.452. The molecule has 0 atom stereocenters. The second-order valence-electron chi connectivity index (χ2n) is 4.28. The lowest BCUT2D eigenvalue weighted by atomic mass is 10.2. The zero-order valence-electron chi connectivity index (χ0n) is 11.1. The van der Waals surface area contributed by atoms with Crippen molar-refractivity contribution >= 4 is 34.0 Å². The molecule has 20 heavy (non-hydrogen) atoms. The number of unbranched alkanes of at least 4 members (excludes halogenated alkanes) is 2. The number of hydrogen-bond donors (Lipinski definition) is 1. The minimum absolute atomic E-state index is 0.259. The van der Waals surface area contributed by atoms with E-state index in [-0.39, 0.29) is 11.1 Å². The van der Waals surface area contributed by atoms with Crippen LogP contribution in [-0.4, -0.2) is 21.1 Å². The number of aryl methyl sites for hydroxylation is 1. The van der Waals surface area contributed by atoms with Crippen LogP contribution in [0.1, 0.15) is 41.6 Å². The number of carbonyl (C=O) groups is 1. The number of anilines is 1. The topological polar surface area (TPSA) is 67.8 Å². The maximum atomic E-state index is 12.0. The van der Waals surface area contributed by atoms with E-state index >= 15 is 0 Å². The van der Waals surface area contributed by atoms with Crippen molar-refractivity contribution in [2.75, 3.05) is 5.32 Å². The Balaban J connectivity index is 1.94. The van der Waals surface area contributed by atoms with Crippen molar-refractivity contribution < 1.29 is 4.79 Å². The maximum Gasteiger partial charge on any atom is 0.257 e. The Morgan fingerprint density at radius 3 is 3.00 bits per heavy atom. The van der Waals surface area contributed by atoms with Crippen LogP contribution in [0.5, 0.6) is 0 Å². The molecular weight excluding hydrogens is 296 g/mol. The first-order valence-corrected chi connectivity index (χ1v) is 7.63. The molecule has 0 aromatic carbocycles. The van der Waals surface area contributed by atoms with Crippen LogP contribution in [0.25, 0.3) is 0 Å². The van der Waals surface area contributed by atoms with Crippen LogP contribution in [-0.2, 0) is 6.42 Å². The Labute approximate surface area is 126 Å². The second-order valence-corrected chi connectivity index (χ2v) is 5.73. The van der Waals surface area contributed by atoms with Gasteiger partial charge in [0, 0.05) is 18.2 Å². The number of nitrogens with zero attached hydrogens (tertiary/aromatic N) is 3. The van der Waals surface area contributed by atoms with Gasteiger partial charge in [-0.3, -0.25) is 10.1 Å². The molecule has 1 N–H and O–H groups in total. The third kappa shape index (κ3) is 4.25. The maximum absolute atomic E-state index is 12.0. The van der Waals surface area contributed by atoms with Gasteiger partial charge in [-0.25, -0.2) is 4.98 Å². The lowest BCUT2D eigenvalue weighted by molar-refractivity contribution is 0.102. The quantitative estimate of drug-likeness (QED) is 0.654. The molecule has 1 amide bonds. The van der Waals surface area contributed by atoms with Crippen LogP contribution in [0.4, 0.5) is 5.13 Å². The van der Waals surface area contributed by atoms with Crippen molar-refractivity contribution in [3.63, 3.8) is 0 Å². The zero-order chi connectivity index (χ0) is 14.4. The van der Waals surface area contributed by atoms with Crippen LogP contribution >= 0.6 is 22.9 Å². The molecule has 106 valence electrons. The molecule has 7 heteroatoms. The highest BCUT2D eigenvalue weighted by atomic mass is 35.5. The van der Waals surface area contributed by atoms with Crippen molar-refractivity contribution in [1.29, 1.82) is 0 Å². The molecule has 5 nitrogen and oxygen atoms in total. The Hall–Kier alpha value is -1.53. The third-order valence-electron chi connectivity index (χ3n) is 2.67. The first-order chi connectivity index (χ1) is 9.69. The largest absolute Gasteiger partial charge is 0.296 e. The Bertz CT molecular complexity index is 587. The fourth-order valence-electron chi connectivity index (χ4n) is 1.64. The summed E-state index contributed by atoms with van der Waals surface area (Å²) >= 11 is 7.16. The van der Waals surface area contributed by atoms with Gasteiger partial charge >= 0.3 is 0 Å². The molecule has 2 heterocycles. The van der Waals surface area contributed by atoms with Crippen molar-refractivity contribution in [1.82, 2.24) is 15.2 Å². The summed E-state index contributed by atoms with van der Waals surface area (Å²) < 4.78 is 0. The minimum Gasteiger partial charge on any atom is -0.296 e. The van der Waals surface area contributed by atoms with Crippen molar-refractivity contribution in [2.24, 2.45) is 0 Å². The van der Waals surface area contributed by atoms with Crippen LogP contribution in [0.15, 0.2) is 18.3 Å². The van der Waals surface area contributed by atoms with E-state index in [4.69, 9.17) is 11.6 Å². The highest BCUT2D eigenvalue weighted by Gasteiger charge is 2.10. The molecule has 0 spiro atoms. The standard InChI is InChI=1S/C13H15ClN4OS/c1-2-3-4-5-11-17-18-13(20-11)16-12(19)9-6-7-15-10(14)8-9/h6-8H,2-5H2,1H3,(H,16,18,19). The predicted octanol–water partition coefficient (Wildman–Crippen LogP) is 3.57. The van der Waals surface area contributed by atoms with Gasteiger partial charge in [-0.05, 0) is 18.6 Å². The Kier molecular flexibility index (Phi) is 5.43. The smallest absolute Gasteiger partial charge is 0.257 e. The van der Waals surface area contributed by atoms with E-state index in [1.165, 1.54) is 36.4 Å². The van der Waals surface area contributed by atoms with E-state index in [0.717, 1.165) is 17.8 Å². The monoisotopic (exact) mass is 310 g/mol. The van der Waals surface area contributed by atoms with Gasteiger partial charge in [0.15, 0.2) is 0 Å². The number of carbonyl (C=O) groups excluding carboxylic acids is 1. The molecule has 0 saturated carbocycles. The molecule has 0 aliphatic rings. The number of pyridine rings is 1. The van der Waals surface area contributed by atoms with Gasteiger partial charge in [-0.1, -0.05) is 42.7 Å². The number of hydrogen-bond acceptors (Lipinski definition) is 5. The van der Waals surface area contributed by atoms with Gasteiger partial charge in [0.25, 0.3) is 5.91 Å². The van der Waals surface area contributed by atoms with E-state index in [1.807, 2.05) is 0 Å². The molecule has 2 aromatic rings. The first kappa shape index (κ1) is 14.9. The molecule has 2 rings (SSSR count). The number of aromatic nitrogens is 3. The molecule has 0 unspecified atom stereocenters. The fourth-order valence-corrected chi connectivity index (χ4v) is 2.59. The van der Waals surface area contributed by atoms with Crippen LogP contribution < -0.4 is 5.32 Å². The van der Waals surface area contributed by atoms with Gasteiger partial charge in [-0.2, -0.15) is 0 Å². The van der Waals surface area contributed by atoms with Crippen LogP contribution in [0, 0.1) is 0 Å². The van der Waals surface area contributed by atoms with E-state index < -0.39 is 0 Å². The van der Waals surface area contributed by atoms with Gasteiger partial charge in [0.05, 0.1) is 0 Å². The zero-order valence-corrected chi connectivity index (χ0v) is 12.7. The molecule has 0 bridgehead atoms. The van der Waals surface area contributed by atoms with Crippen molar-refractivity contribution in [2.45, 2.75) is 32.6 Å². The average Bonchev–Trinajstić information content (AvgIpc) is 2.86. The molecule has 0 fully saturated rings. The predicted molar refractivity (Wildman–Crippen MR) is 80.3 cm³/mol. The summed E-state index contributed by atoms with van der Waals surface area (Å²) in [5, 5.41) is 12.5. The first-order valence-electron chi connectivity index (χ1n) is 6.44. The SMILES string of the molecule is CCCCCc1nnc(NC(=O)c2ccnc(Cl)c2)s1. The highest BCUT2D eigenvalue weighted by molar-refractivity contribution is 7.15. The van der Waals surface area contributed by atoms with Crippen molar-refractivity contribution in [3.8, 4) is 0 Å². The Morgan fingerprint density at radius 1 is 1.40 bits per heavy atom. The summed E-state index contributed by atoms with van der Waals surface area (Å²) in [6.45, 7) is 2.16. The summed E-state index contributed by atoms with van der Waals surface area (Å²) in [4.78, 5) is 15.8. The number of rotatable bonds is 6. The molecular formula is C13H15ClN4OS. The van der Waals surface area contributed by atoms with Gasteiger partial charge in [-0.15, -0.1) is 10.2 Å². The second kappa shape index (κ2) is 7.31. The molecule has 0 aliphatic carbocycles. The van der Waals surface area contributed by atoms with Gasteiger partial charge in [0.1, 0.15) is 10.2 Å². The van der Waals surface area contributed by atoms with E-state index in [9.17, 15) is 4.79 Å². The summed E-state index contributed by atoms with van der Waals surface area (Å²) in [7, 11) is 0. The van der Waals surface area contributed by atoms with E-state index in [0.29, 0.717) is 10.7 Å². The normalized spacial score (nSPS) is 10.5. The molecule has 2 aromatic heterocycles. The summed E-state index contributed by atoms with van der Waals surface area (Å²) in [6.07, 6.45) is 5.84. The Morgan fingerprint density at radius 2 is 2.25 bits per heavy atom. The highest BCUT2D eigenvalue weighted by Crippen LogP contribution is 2.18. The van der Waals surface area contributed by atoms with Gasteiger partial charge in [0.2, 0.25) is 5.13 Å². The summed E-state index contributed by atoms with van der Waals surface area (Å²) in [6, 6.07) is 3.12. The van der Waals surface area contributed by atoms with Crippen LogP contribution in [0.3, 0.4) is 0 Å². The van der Waals surface area contributed by atoms with Crippen LogP contribution in [0.2, 0.25) is 5.15 Å². The number of nitrogens with one attached hydrogen (secondary N) is 1. The third-order valence-corrected chi connectivity index (χ3v) is 3.78. The number of halogens is 1. The lowest BCUT2D eigenvalue weighted by Crippen LogP contribution is -2.11. The molecule has 0 radical (unpaired) electrons. The average molecular weight is 311 g/mol. The molecule has 0 saturated heterocycles. The number of amides is 1. The van der Waals surface area contributed by atoms with Gasteiger partial charge < -0.3 is 0 Å². The summed E-state index contributed by atoms with van der Waals surface area (Å²) in [5.74, 6) is -0.259. The lowest BCUT2D eigenvalue weighted by Gasteiger charge is -2.00. The van der Waals surface area contributed by atoms with E-state index in [1.54, 1.807) is 6.07 Å². The minimum atomic E-state index is -0.259. The van der Waals surface area contributed by atoms with Crippen molar-refractivity contribution in [3.05, 3.63) is 34.1 Å². The molecule has 0 aliphatic heterocycles. The van der Waals surface area contributed by atoms with E-state index in [2.05, 4.69) is 27.4 Å².